The summed E-state index contributed by atoms with van der Waals surface area (Å²) in [6, 6.07) is 8.66. The quantitative estimate of drug-likeness (QED) is 0.732. The standard InChI is InChI=1S/C12H13N3O2/c13-9(12(16)17)6-10-11(15-7-14-10)8-4-2-1-3-5-8/h1-5,7,9H,6,13H2,(H,14,15)(H,16,17). The van der Waals surface area contributed by atoms with Gasteiger partial charge >= 0.3 is 5.97 Å². The maximum absolute atomic E-state index is 10.7. The van der Waals surface area contributed by atoms with Crippen molar-refractivity contribution in [3.63, 3.8) is 0 Å². The first kappa shape index (κ1) is 11.3. The van der Waals surface area contributed by atoms with Gasteiger partial charge in [0.2, 0.25) is 0 Å². The Labute approximate surface area is 98.3 Å². The number of aromatic nitrogens is 2. The minimum atomic E-state index is -1.02. The molecule has 2 rings (SSSR count). The van der Waals surface area contributed by atoms with Crippen LogP contribution < -0.4 is 5.73 Å². The molecule has 0 aliphatic heterocycles. The molecule has 1 atom stereocenters. The number of aromatic amines is 1. The van der Waals surface area contributed by atoms with Gasteiger partial charge in [0.1, 0.15) is 6.04 Å². The molecule has 0 saturated heterocycles. The fourth-order valence-electron chi connectivity index (χ4n) is 1.63. The van der Waals surface area contributed by atoms with Crippen LogP contribution >= 0.6 is 0 Å². The number of hydrogen-bond acceptors (Lipinski definition) is 3. The number of nitrogens with zero attached hydrogens (tertiary/aromatic N) is 1. The molecule has 1 aromatic heterocycles. The second kappa shape index (κ2) is 4.80. The van der Waals surface area contributed by atoms with Crippen LogP contribution in [0, 0.1) is 0 Å². The molecule has 0 aliphatic carbocycles. The summed E-state index contributed by atoms with van der Waals surface area (Å²) in [7, 11) is 0. The Balaban J connectivity index is 2.26. The minimum absolute atomic E-state index is 0.236. The number of carbonyl (C=O) groups is 1. The molecule has 0 amide bonds. The summed E-state index contributed by atoms with van der Waals surface area (Å²) in [6.45, 7) is 0. The molecule has 0 radical (unpaired) electrons. The summed E-state index contributed by atoms with van der Waals surface area (Å²) in [4.78, 5) is 17.8. The Kier molecular flexibility index (Phi) is 3.20. The fourth-order valence-corrected chi connectivity index (χ4v) is 1.63. The monoisotopic (exact) mass is 231 g/mol. The first-order valence-corrected chi connectivity index (χ1v) is 5.24. The number of nitrogens with one attached hydrogen (secondary N) is 1. The van der Waals surface area contributed by atoms with Gasteiger partial charge in [-0.25, -0.2) is 4.98 Å². The molecule has 1 aromatic carbocycles. The Bertz CT molecular complexity index is 507. The molecule has 5 heteroatoms. The molecule has 5 nitrogen and oxygen atoms in total. The average Bonchev–Trinajstić information content (AvgIpc) is 2.78. The third-order valence-corrected chi connectivity index (χ3v) is 2.51. The number of hydrogen-bond donors (Lipinski definition) is 3. The summed E-state index contributed by atoms with van der Waals surface area (Å²) in [5.41, 5.74) is 7.95. The van der Waals surface area contributed by atoms with Gasteiger partial charge in [-0.05, 0) is 0 Å². The zero-order valence-electron chi connectivity index (χ0n) is 9.13. The Hall–Kier alpha value is -2.14. The van der Waals surface area contributed by atoms with E-state index in [1.807, 2.05) is 30.3 Å². The van der Waals surface area contributed by atoms with Crippen molar-refractivity contribution in [2.75, 3.05) is 0 Å². The summed E-state index contributed by atoms with van der Waals surface area (Å²) in [5.74, 6) is -1.02. The van der Waals surface area contributed by atoms with Gasteiger partial charge in [-0.15, -0.1) is 0 Å². The van der Waals surface area contributed by atoms with Gasteiger partial charge in [0.05, 0.1) is 12.0 Å². The van der Waals surface area contributed by atoms with Crippen molar-refractivity contribution in [3.8, 4) is 11.3 Å². The van der Waals surface area contributed by atoms with Crippen LogP contribution in [0.15, 0.2) is 36.7 Å². The lowest BCUT2D eigenvalue weighted by Gasteiger charge is -2.06. The van der Waals surface area contributed by atoms with Gasteiger partial charge in [0.25, 0.3) is 0 Å². The van der Waals surface area contributed by atoms with Gasteiger partial charge in [-0.1, -0.05) is 30.3 Å². The highest BCUT2D eigenvalue weighted by Gasteiger charge is 2.16. The van der Waals surface area contributed by atoms with Gasteiger partial charge in [-0.2, -0.15) is 0 Å². The van der Waals surface area contributed by atoms with E-state index >= 15 is 0 Å². The normalized spacial score (nSPS) is 12.3. The molecular weight excluding hydrogens is 218 g/mol. The molecule has 0 bridgehead atoms. The Morgan fingerprint density at radius 1 is 1.41 bits per heavy atom. The van der Waals surface area contributed by atoms with Crippen LogP contribution in [0.1, 0.15) is 5.69 Å². The van der Waals surface area contributed by atoms with Crippen LogP contribution in [0.4, 0.5) is 0 Å². The molecule has 1 heterocycles. The van der Waals surface area contributed by atoms with Gasteiger partial charge in [-0.3, -0.25) is 4.79 Å². The van der Waals surface area contributed by atoms with E-state index in [2.05, 4.69) is 9.97 Å². The van der Waals surface area contributed by atoms with Crippen LogP contribution in [-0.4, -0.2) is 27.1 Å². The van der Waals surface area contributed by atoms with Crippen LogP contribution in [0.3, 0.4) is 0 Å². The average molecular weight is 231 g/mol. The van der Waals surface area contributed by atoms with E-state index < -0.39 is 12.0 Å². The summed E-state index contributed by atoms with van der Waals surface area (Å²) in [5, 5.41) is 8.78. The number of H-pyrrole nitrogens is 1. The van der Waals surface area contributed by atoms with E-state index in [0.717, 1.165) is 17.0 Å². The van der Waals surface area contributed by atoms with Gasteiger partial charge in [0.15, 0.2) is 0 Å². The number of nitrogens with two attached hydrogens (primary N) is 1. The molecule has 0 fully saturated rings. The summed E-state index contributed by atoms with van der Waals surface area (Å²) < 4.78 is 0. The van der Waals surface area contributed by atoms with E-state index in [9.17, 15) is 4.79 Å². The van der Waals surface area contributed by atoms with E-state index in [0.29, 0.717) is 0 Å². The number of imidazole rings is 1. The number of carboxylic acid groups (broad SMARTS) is 1. The van der Waals surface area contributed by atoms with Gasteiger partial charge in [0, 0.05) is 17.7 Å². The summed E-state index contributed by atoms with van der Waals surface area (Å²) in [6.07, 6.45) is 1.78. The number of rotatable bonds is 4. The van der Waals surface area contributed by atoms with Crippen molar-refractivity contribution in [2.24, 2.45) is 5.73 Å². The smallest absolute Gasteiger partial charge is 0.320 e. The molecule has 0 spiro atoms. The lowest BCUT2D eigenvalue weighted by atomic mass is 10.1. The van der Waals surface area contributed by atoms with E-state index in [-0.39, 0.29) is 6.42 Å². The maximum Gasteiger partial charge on any atom is 0.320 e. The maximum atomic E-state index is 10.7. The zero-order valence-corrected chi connectivity index (χ0v) is 9.13. The third-order valence-electron chi connectivity index (χ3n) is 2.51. The Morgan fingerprint density at radius 2 is 2.12 bits per heavy atom. The summed E-state index contributed by atoms with van der Waals surface area (Å²) >= 11 is 0. The largest absolute Gasteiger partial charge is 0.480 e. The third kappa shape index (κ3) is 2.51. The lowest BCUT2D eigenvalue weighted by molar-refractivity contribution is -0.138. The van der Waals surface area contributed by atoms with Crippen molar-refractivity contribution in [3.05, 3.63) is 42.4 Å². The molecular formula is C12H13N3O2. The van der Waals surface area contributed by atoms with Crippen molar-refractivity contribution in [1.82, 2.24) is 9.97 Å². The highest BCUT2D eigenvalue weighted by atomic mass is 16.4. The van der Waals surface area contributed by atoms with Crippen molar-refractivity contribution >= 4 is 5.97 Å². The number of benzene rings is 1. The first-order chi connectivity index (χ1) is 8.18. The second-order valence-electron chi connectivity index (χ2n) is 3.74. The fraction of sp³-hybridized carbons (Fsp3) is 0.167. The predicted octanol–water partition coefficient (Wildman–Crippen LogP) is 1.03. The lowest BCUT2D eigenvalue weighted by Crippen LogP contribution is -2.32. The van der Waals surface area contributed by atoms with Crippen molar-refractivity contribution in [1.29, 1.82) is 0 Å². The van der Waals surface area contributed by atoms with E-state index in [1.54, 1.807) is 6.33 Å². The van der Waals surface area contributed by atoms with Crippen molar-refractivity contribution < 1.29 is 9.90 Å². The van der Waals surface area contributed by atoms with Crippen LogP contribution in [0.5, 0.6) is 0 Å². The highest BCUT2D eigenvalue weighted by molar-refractivity contribution is 5.74. The van der Waals surface area contributed by atoms with E-state index in [1.165, 1.54) is 0 Å². The molecule has 1 unspecified atom stereocenters. The molecule has 88 valence electrons. The predicted molar refractivity (Wildman–Crippen MR) is 63.3 cm³/mol. The second-order valence-corrected chi connectivity index (χ2v) is 3.74. The zero-order chi connectivity index (χ0) is 12.3. The van der Waals surface area contributed by atoms with Crippen molar-refractivity contribution in [2.45, 2.75) is 12.5 Å². The number of aliphatic carboxylic acids is 1. The number of carboxylic acids is 1. The topological polar surface area (TPSA) is 92.0 Å². The molecule has 0 aliphatic rings. The van der Waals surface area contributed by atoms with Gasteiger partial charge < -0.3 is 15.8 Å². The minimum Gasteiger partial charge on any atom is -0.480 e. The molecule has 17 heavy (non-hydrogen) atoms. The highest BCUT2D eigenvalue weighted by Crippen LogP contribution is 2.20. The van der Waals surface area contributed by atoms with Crippen LogP contribution in [-0.2, 0) is 11.2 Å². The van der Waals surface area contributed by atoms with Crippen LogP contribution in [0.25, 0.3) is 11.3 Å². The Morgan fingerprint density at radius 3 is 2.76 bits per heavy atom. The molecule has 0 saturated carbocycles. The van der Waals surface area contributed by atoms with Crippen LogP contribution in [0.2, 0.25) is 0 Å². The molecule has 2 aromatic rings. The first-order valence-electron chi connectivity index (χ1n) is 5.24. The SMILES string of the molecule is NC(Cc1[nH]cnc1-c1ccccc1)C(=O)O. The van der Waals surface area contributed by atoms with E-state index in [4.69, 9.17) is 10.8 Å². The molecule has 4 N–H and O–H groups in total.